The van der Waals surface area contributed by atoms with Crippen LogP contribution in [0, 0.1) is 0 Å². The Bertz CT molecular complexity index is 2770. The Balaban J connectivity index is 0.000000161. The van der Waals surface area contributed by atoms with Crippen LogP contribution in [0.15, 0.2) is 200 Å². The van der Waals surface area contributed by atoms with Gasteiger partial charge in [-0.15, -0.1) is 0 Å². The van der Waals surface area contributed by atoms with Gasteiger partial charge in [-0.1, -0.05) is 146 Å². The molecule has 0 radical (unpaired) electrons. The summed E-state index contributed by atoms with van der Waals surface area (Å²) in [6.07, 6.45) is 0. The van der Waals surface area contributed by atoms with Crippen molar-refractivity contribution in [3.63, 3.8) is 0 Å². The molecule has 10 aromatic rings. The fourth-order valence-electron chi connectivity index (χ4n) is 7.77. The van der Waals surface area contributed by atoms with Gasteiger partial charge in [-0.25, -0.2) is 0 Å². The molecule has 0 bridgehead atoms. The normalized spacial score (nSPS) is 11.3. The molecule has 10 rings (SSSR count). The van der Waals surface area contributed by atoms with Crippen molar-refractivity contribution in [3.8, 4) is 22.9 Å². The molecule has 0 saturated heterocycles. The van der Waals surface area contributed by atoms with Crippen molar-refractivity contribution in [2.45, 2.75) is 0 Å². The zero-order valence-electron chi connectivity index (χ0n) is 30.7. The Morgan fingerprint density at radius 1 is 0.382 bits per heavy atom. The second kappa shape index (κ2) is 15.0. The van der Waals surface area contributed by atoms with Gasteiger partial charge >= 0.3 is 0 Å². The number of ether oxygens (including phenoxy) is 2. The van der Waals surface area contributed by atoms with Gasteiger partial charge in [0.1, 0.15) is 11.5 Å². The lowest BCUT2D eigenvalue weighted by atomic mass is 10.2. The van der Waals surface area contributed by atoms with Crippen LogP contribution in [0.3, 0.4) is 0 Å². The minimum atomic E-state index is -0.855. The molecule has 0 N–H and O–H groups in total. The molecule has 4 nitrogen and oxygen atoms in total. The van der Waals surface area contributed by atoms with E-state index in [-0.39, 0.29) is 0 Å². The predicted molar refractivity (Wildman–Crippen MR) is 233 cm³/mol. The van der Waals surface area contributed by atoms with E-state index in [1.807, 2.05) is 12.1 Å². The Labute approximate surface area is 322 Å². The lowest BCUT2D eigenvalue weighted by molar-refractivity contribution is 0.414. The minimum Gasteiger partial charge on any atom is -0.497 e. The van der Waals surface area contributed by atoms with Gasteiger partial charge in [0.25, 0.3) is 0 Å². The number of fused-ring (bicyclic) bond motifs is 6. The summed E-state index contributed by atoms with van der Waals surface area (Å²) in [6, 6.07) is 70.6. The number of hydrogen-bond acceptors (Lipinski definition) is 2. The summed E-state index contributed by atoms with van der Waals surface area (Å²) in [6.45, 7) is 0. The molecule has 2 aromatic heterocycles. The first-order chi connectivity index (χ1) is 27.2. The zero-order chi connectivity index (χ0) is 37.1. The third kappa shape index (κ3) is 6.21. The van der Waals surface area contributed by atoms with E-state index in [1.165, 1.54) is 59.5 Å². The smallest absolute Gasteiger partial charge is 0.129 e. The summed E-state index contributed by atoms with van der Waals surface area (Å²) in [5.74, 6) is 1.78. The lowest BCUT2D eigenvalue weighted by Crippen LogP contribution is -2.25. The van der Waals surface area contributed by atoms with Crippen LogP contribution in [0.25, 0.3) is 55.0 Å². The molecule has 2 heterocycles. The Kier molecular flexibility index (Phi) is 9.34. The maximum atomic E-state index is 6.04. The molecular formula is C50H39N2O2P. The van der Waals surface area contributed by atoms with Gasteiger partial charge in [-0.2, -0.15) is 0 Å². The number of methoxy groups -OCH3 is 2. The largest absolute Gasteiger partial charge is 0.497 e. The highest BCUT2D eigenvalue weighted by atomic mass is 31.1. The number of para-hydroxylation sites is 4. The Morgan fingerprint density at radius 3 is 1.29 bits per heavy atom. The van der Waals surface area contributed by atoms with Gasteiger partial charge < -0.3 is 18.6 Å². The second-order valence-corrected chi connectivity index (χ2v) is 15.4. The van der Waals surface area contributed by atoms with Crippen molar-refractivity contribution in [2.24, 2.45) is 0 Å². The number of nitrogens with zero attached hydrogens (tertiary/aromatic N) is 2. The topological polar surface area (TPSA) is 28.3 Å². The SMILES string of the molecule is COc1cccc(-n2c3ccccc3c3ccccc32)c1.COc1cccc(-n2c3ccccc3c3ccccc32)c1P(c1ccccc1)c1ccccc1. The molecule has 266 valence electrons. The summed E-state index contributed by atoms with van der Waals surface area (Å²) in [5, 5.41) is 8.90. The van der Waals surface area contributed by atoms with Crippen LogP contribution in [0.1, 0.15) is 0 Å². The Morgan fingerprint density at radius 2 is 0.818 bits per heavy atom. The van der Waals surface area contributed by atoms with Gasteiger partial charge in [-0.05, 0) is 67.1 Å². The maximum absolute atomic E-state index is 6.04. The molecule has 8 aromatic carbocycles. The van der Waals surface area contributed by atoms with E-state index in [2.05, 4.69) is 197 Å². The predicted octanol–water partition coefficient (Wildman–Crippen LogP) is 11.3. The van der Waals surface area contributed by atoms with E-state index in [4.69, 9.17) is 9.47 Å². The average Bonchev–Trinajstić information content (AvgIpc) is 3.78. The molecule has 0 aliphatic heterocycles. The molecule has 0 amide bonds. The highest BCUT2D eigenvalue weighted by Gasteiger charge is 2.26. The molecule has 0 unspecified atom stereocenters. The van der Waals surface area contributed by atoms with Gasteiger partial charge in [0, 0.05) is 33.3 Å². The van der Waals surface area contributed by atoms with E-state index in [0.29, 0.717) is 0 Å². The van der Waals surface area contributed by atoms with Crippen LogP contribution in [-0.4, -0.2) is 23.4 Å². The van der Waals surface area contributed by atoms with Gasteiger partial charge in [0.05, 0.1) is 47.3 Å². The fourth-order valence-corrected chi connectivity index (χ4v) is 10.3. The van der Waals surface area contributed by atoms with Crippen LogP contribution in [0.4, 0.5) is 0 Å². The zero-order valence-corrected chi connectivity index (χ0v) is 31.6. The maximum Gasteiger partial charge on any atom is 0.129 e. The van der Waals surface area contributed by atoms with Crippen LogP contribution < -0.4 is 25.4 Å². The van der Waals surface area contributed by atoms with Crippen molar-refractivity contribution < 1.29 is 9.47 Å². The average molecular weight is 731 g/mol. The number of aromatic nitrogens is 2. The van der Waals surface area contributed by atoms with E-state index in [0.717, 1.165) is 22.9 Å². The lowest BCUT2D eigenvalue weighted by Gasteiger charge is -2.25. The minimum absolute atomic E-state index is 0.855. The first-order valence-corrected chi connectivity index (χ1v) is 19.8. The number of rotatable bonds is 7. The molecule has 55 heavy (non-hydrogen) atoms. The number of hydrogen-bond donors (Lipinski definition) is 0. The standard InChI is InChI=1S/C31H24NOP.C19H15NO/c1-33-30-22-12-21-29(32-27-19-10-8-17-25(27)26-18-9-11-20-28(26)32)31(30)34(23-13-4-2-5-14-23)24-15-6-3-7-16-24;1-21-15-8-6-7-14(13-15)20-18-11-4-2-9-16(18)17-10-3-5-12-19(17)20/h2-22H,1H3;2-13H,1H3. The highest BCUT2D eigenvalue weighted by Crippen LogP contribution is 2.41. The van der Waals surface area contributed by atoms with Crippen molar-refractivity contribution in [1.82, 2.24) is 9.13 Å². The van der Waals surface area contributed by atoms with Crippen molar-refractivity contribution in [1.29, 1.82) is 0 Å². The summed E-state index contributed by atoms with van der Waals surface area (Å²) < 4.78 is 16.1. The molecule has 5 heteroatoms. The first-order valence-electron chi connectivity index (χ1n) is 18.4. The molecular weight excluding hydrogens is 692 g/mol. The third-order valence-corrected chi connectivity index (χ3v) is 12.7. The molecule has 0 aliphatic rings. The molecule has 0 saturated carbocycles. The fraction of sp³-hybridized carbons (Fsp3) is 0.0400. The van der Waals surface area contributed by atoms with Gasteiger partial charge in [-0.3, -0.25) is 0 Å². The van der Waals surface area contributed by atoms with E-state index < -0.39 is 7.92 Å². The summed E-state index contributed by atoms with van der Waals surface area (Å²) in [5.41, 5.74) is 7.12. The van der Waals surface area contributed by atoms with Crippen LogP contribution in [0.5, 0.6) is 11.5 Å². The van der Waals surface area contributed by atoms with Crippen molar-refractivity contribution in [3.05, 3.63) is 200 Å². The molecule has 0 spiro atoms. The molecule has 0 atom stereocenters. The van der Waals surface area contributed by atoms with Crippen molar-refractivity contribution >= 4 is 67.4 Å². The third-order valence-electron chi connectivity index (χ3n) is 10.2. The van der Waals surface area contributed by atoms with Gasteiger partial charge in [0.2, 0.25) is 0 Å². The van der Waals surface area contributed by atoms with Crippen LogP contribution in [-0.2, 0) is 0 Å². The highest BCUT2D eigenvalue weighted by molar-refractivity contribution is 7.80. The quantitative estimate of drug-likeness (QED) is 0.153. The summed E-state index contributed by atoms with van der Waals surface area (Å²) in [4.78, 5) is 0. The molecule has 0 aliphatic carbocycles. The van der Waals surface area contributed by atoms with Crippen LogP contribution in [0.2, 0.25) is 0 Å². The van der Waals surface area contributed by atoms with E-state index >= 15 is 0 Å². The number of benzene rings is 8. The summed E-state index contributed by atoms with van der Waals surface area (Å²) >= 11 is 0. The van der Waals surface area contributed by atoms with Gasteiger partial charge in [0.15, 0.2) is 0 Å². The first kappa shape index (κ1) is 34.2. The summed E-state index contributed by atoms with van der Waals surface area (Å²) in [7, 11) is 2.62. The van der Waals surface area contributed by atoms with Crippen molar-refractivity contribution in [2.75, 3.05) is 14.2 Å². The Hall–Kier alpha value is -6.61. The monoisotopic (exact) mass is 730 g/mol. The van der Waals surface area contributed by atoms with Crippen LogP contribution >= 0.6 is 7.92 Å². The second-order valence-electron chi connectivity index (χ2n) is 13.3. The van der Waals surface area contributed by atoms with E-state index in [1.54, 1.807) is 14.2 Å². The van der Waals surface area contributed by atoms with E-state index in [9.17, 15) is 0 Å². The molecule has 0 fully saturated rings.